The van der Waals surface area contributed by atoms with Crippen molar-refractivity contribution < 1.29 is 37.7 Å². The summed E-state index contributed by atoms with van der Waals surface area (Å²) in [5.41, 5.74) is -1.58. The van der Waals surface area contributed by atoms with Gasteiger partial charge in [0, 0.05) is 12.1 Å². The highest BCUT2D eigenvalue weighted by atomic mass is 19.4. The van der Waals surface area contributed by atoms with E-state index in [0.29, 0.717) is 0 Å². The Kier molecular flexibility index (Phi) is 7.28. The van der Waals surface area contributed by atoms with Crippen molar-refractivity contribution in [2.75, 3.05) is 13.7 Å². The maximum atomic E-state index is 12.7. The van der Waals surface area contributed by atoms with Gasteiger partial charge in [-0.1, -0.05) is 6.07 Å². The molecule has 0 saturated heterocycles. The van der Waals surface area contributed by atoms with E-state index in [-0.39, 0.29) is 24.3 Å². The van der Waals surface area contributed by atoms with E-state index in [0.717, 1.165) is 18.2 Å². The number of hydrogen-bond donors (Lipinski definition) is 3. The lowest BCUT2D eigenvalue weighted by Gasteiger charge is -2.22. The van der Waals surface area contributed by atoms with Gasteiger partial charge in [-0.05, 0) is 39.3 Å². The lowest BCUT2D eigenvalue weighted by molar-refractivity contribution is -0.137. The lowest BCUT2D eigenvalue weighted by atomic mass is 9.99. The number of rotatable bonds is 6. The minimum absolute atomic E-state index is 0.0100. The fraction of sp³-hybridized carbons (Fsp3) is 0.588. The van der Waals surface area contributed by atoms with Crippen LogP contribution in [0, 0.1) is 0 Å². The van der Waals surface area contributed by atoms with Crippen molar-refractivity contribution in [2.24, 2.45) is 0 Å². The fourth-order valence-corrected chi connectivity index (χ4v) is 2.13. The first-order chi connectivity index (χ1) is 11.8. The van der Waals surface area contributed by atoms with Crippen LogP contribution in [0.3, 0.4) is 0 Å². The molecule has 0 aliphatic rings. The Balaban J connectivity index is 2.71. The molecule has 0 aliphatic heterocycles. The SMILES string of the molecule is COc1cc(C(F)(F)F)ccc1C(O)C(O)CCNC(=O)OC(C)(C)C. The van der Waals surface area contributed by atoms with Crippen molar-refractivity contribution in [3.05, 3.63) is 29.3 Å². The summed E-state index contributed by atoms with van der Waals surface area (Å²) in [7, 11) is 1.17. The van der Waals surface area contributed by atoms with Crippen LogP contribution in [0.25, 0.3) is 0 Å². The summed E-state index contributed by atoms with van der Waals surface area (Å²) >= 11 is 0. The Morgan fingerprint density at radius 3 is 2.35 bits per heavy atom. The molecule has 0 heterocycles. The minimum atomic E-state index is -4.55. The summed E-state index contributed by atoms with van der Waals surface area (Å²) < 4.78 is 48.1. The van der Waals surface area contributed by atoms with Gasteiger partial charge >= 0.3 is 12.3 Å². The standard InChI is InChI=1S/C17H24F3NO5/c1-16(2,3)26-15(24)21-8-7-12(22)14(23)11-6-5-10(17(18,19)20)9-13(11)25-4/h5-6,9,12,14,22-23H,7-8H2,1-4H3,(H,21,24). The first-order valence-corrected chi connectivity index (χ1v) is 7.93. The molecule has 0 aromatic heterocycles. The van der Waals surface area contributed by atoms with E-state index in [1.807, 2.05) is 0 Å². The van der Waals surface area contributed by atoms with E-state index in [1.54, 1.807) is 20.8 Å². The Morgan fingerprint density at radius 2 is 1.85 bits per heavy atom. The Labute approximate surface area is 149 Å². The van der Waals surface area contributed by atoms with Gasteiger partial charge in [0.25, 0.3) is 0 Å². The number of hydrogen-bond acceptors (Lipinski definition) is 5. The molecule has 0 aliphatic carbocycles. The molecule has 26 heavy (non-hydrogen) atoms. The third-order valence-electron chi connectivity index (χ3n) is 3.35. The number of methoxy groups -OCH3 is 1. The molecule has 3 N–H and O–H groups in total. The second kappa shape index (κ2) is 8.59. The molecule has 6 nitrogen and oxygen atoms in total. The second-order valence-electron chi connectivity index (χ2n) is 6.68. The average Bonchev–Trinajstić information content (AvgIpc) is 2.50. The molecular weight excluding hydrogens is 355 g/mol. The maximum Gasteiger partial charge on any atom is 0.416 e. The number of amides is 1. The van der Waals surface area contributed by atoms with Crippen LogP contribution in [0.4, 0.5) is 18.0 Å². The first-order valence-electron chi connectivity index (χ1n) is 7.93. The smallest absolute Gasteiger partial charge is 0.416 e. The van der Waals surface area contributed by atoms with E-state index in [1.165, 1.54) is 7.11 Å². The molecule has 0 bridgehead atoms. The van der Waals surface area contributed by atoms with Crippen molar-refractivity contribution in [3.8, 4) is 5.75 Å². The molecule has 0 saturated carbocycles. The molecule has 1 aromatic rings. The maximum absolute atomic E-state index is 12.7. The molecule has 1 rings (SSSR count). The highest BCUT2D eigenvalue weighted by molar-refractivity contribution is 5.67. The minimum Gasteiger partial charge on any atom is -0.496 e. The quantitative estimate of drug-likeness (QED) is 0.707. The van der Waals surface area contributed by atoms with Crippen LogP contribution in [0.2, 0.25) is 0 Å². The van der Waals surface area contributed by atoms with Crippen LogP contribution in [-0.4, -0.2) is 41.7 Å². The first kappa shape index (κ1) is 22.0. The molecule has 2 unspecified atom stereocenters. The molecule has 0 spiro atoms. The Morgan fingerprint density at radius 1 is 1.23 bits per heavy atom. The molecule has 1 amide bonds. The predicted octanol–water partition coefficient (Wildman–Crippen LogP) is 3.02. The number of nitrogens with one attached hydrogen (secondary N) is 1. The van der Waals surface area contributed by atoms with Crippen LogP contribution < -0.4 is 10.1 Å². The molecule has 9 heteroatoms. The second-order valence-corrected chi connectivity index (χ2v) is 6.68. The van der Waals surface area contributed by atoms with Crippen LogP contribution in [0.15, 0.2) is 18.2 Å². The van der Waals surface area contributed by atoms with Crippen molar-refractivity contribution in [2.45, 2.75) is 51.2 Å². The lowest BCUT2D eigenvalue weighted by Crippen LogP contribution is -2.34. The Bertz CT molecular complexity index is 613. The van der Waals surface area contributed by atoms with Crippen LogP contribution >= 0.6 is 0 Å². The molecule has 1 aromatic carbocycles. The summed E-state index contributed by atoms with van der Waals surface area (Å²) in [6, 6.07) is 2.60. The fourth-order valence-electron chi connectivity index (χ4n) is 2.13. The number of alkyl halides is 3. The summed E-state index contributed by atoms with van der Waals surface area (Å²) in [6.45, 7) is 5.10. The molecule has 0 radical (unpaired) electrons. The van der Waals surface area contributed by atoms with Gasteiger partial charge in [0.2, 0.25) is 0 Å². The van der Waals surface area contributed by atoms with Gasteiger partial charge in [0.15, 0.2) is 0 Å². The number of aliphatic hydroxyl groups excluding tert-OH is 2. The number of ether oxygens (including phenoxy) is 2. The number of benzene rings is 1. The van der Waals surface area contributed by atoms with Gasteiger partial charge in [-0.2, -0.15) is 13.2 Å². The van der Waals surface area contributed by atoms with Gasteiger partial charge in [0.1, 0.15) is 17.5 Å². The number of carbonyl (C=O) groups excluding carboxylic acids is 1. The molecule has 0 fully saturated rings. The summed E-state index contributed by atoms with van der Waals surface area (Å²) in [4.78, 5) is 11.5. The van der Waals surface area contributed by atoms with E-state index < -0.39 is 35.6 Å². The van der Waals surface area contributed by atoms with Crippen LogP contribution in [0.1, 0.15) is 44.4 Å². The Hall–Kier alpha value is -2.00. The number of halogens is 3. The number of aliphatic hydroxyl groups is 2. The van der Waals surface area contributed by atoms with Gasteiger partial charge in [-0.3, -0.25) is 0 Å². The average molecular weight is 379 g/mol. The predicted molar refractivity (Wildman–Crippen MR) is 87.8 cm³/mol. The largest absolute Gasteiger partial charge is 0.496 e. The van der Waals surface area contributed by atoms with Gasteiger partial charge < -0.3 is 25.0 Å². The van der Waals surface area contributed by atoms with Crippen molar-refractivity contribution in [1.82, 2.24) is 5.32 Å². The van der Waals surface area contributed by atoms with Crippen LogP contribution in [-0.2, 0) is 10.9 Å². The number of carbonyl (C=O) groups is 1. The summed E-state index contributed by atoms with van der Waals surface area (Å²) in [6.07, 6.45) is -8.06. The normalized spacial score (nSPS) is 14.5. The zero-order valence-electron chi connectivity index (χ0n) is 15.1. The van der Waals surface area contributed by atoms with E-state index in [2.05, 4.69) is 5.32 Å². The highest BCUT2D eigenvalue weighted by Crippen LogP contribution is 2.36. The van der Waals surface area contributed by atoms with Gasteiger partial charge in [-0.25, -0.2) is 4.79 Å². The van der Waals surface area contributed by atoms with Gasteiger partial charge in [-0.15, -0.1) is 0 Å². The molecule has 148 valence electrons. The van der Waals surface area contributed by atoms with Crippen molar-refractivity contribution in [3.63, 3.8) is 0 Å². The highest BCUT2D eigenvalue weighted by Gasteiger charge is 2.32. The summed E-state index contributed by atoms with van der Waals surface area (Å²) in [5.74, 6) is -0.188. The topological polar surface area (TPSA) is 88.0 Å². The van der Waals surface area contributed by atoms with Crippen molar-refractivity contribution in [1.29, 1.82) is 0 Å². The summed E-state index contributed by atoms with van der Waals surface area (Å²) in [5, 5.41) is 22.7. The third-order valence-corrected chi connectivity index (χ3v) is 3.35. The van der Waals surface area contributed by atoms with Crippen LogP contribution in [0.5, 0.6) is 5.75 Å². The van der Waals surface area contributed by atoms with E-state index in [4.69, 9.17) is 9.47 Å². The van der Waals surface area contributed by atoms with E-state index >= 15 is 0 Å². The third kappa shape index (κ3) is 6.72. The molecular formula is C17H24F3NO5. The molecule has 2 atom stereocenters. The monoisotopic (exact) mass is 379 g/mol. The number of alkyl carbamates (subject to hydrolysis) is 1. The van der Waals surface area contributed by atoms with Gasteiger partial charge in [0.05, 0.1) is 18.8 Å². The van der Waals surface area contributed by atoms with Crippen molar-refractivity contribution >= 4 is 6.09 Å². The zero-order chi connectivity index (χ0) is 20.1. The van der Waals surface area contributed by atoms with E-state index in [9.17, 15) is 28.2 Å². The zero-order valence-corrected chi connectivity index (χ0v) is 15.1.